The largest absolute Gasteiger partial charge is 0.480 e. The molecule has 116 valence electrons. The van der Waals surface area contributed by atoms with Gasteiger partial charge in [0, 0.05) is 13.1 Å². The summed E-state index contributed by atoms with van der Waals surface area (Å²) < 4.78 is 0. The fraction of sp³-hybridized carbons (Fsp3) is 0.938. The highest BCUT2D eigenvalue weighted by atomic mass is 16.4. The first kappa shape index (κ1) is 15.8. The predicted octanol–water partition coefficient (Wildman–Crippen LogP) is 2.20. The van der Waals surface area contributed by atoms with Crippen molar-refractivity contribution in [2.75, 3.05) is 26.7 Å². The lowest BCUT2D eigenvalue weighted by Crippen LogP contribution is -2.57. The molecule has 0 aromatic carbocycles. The Bertz CT molecular complexity index is 347. The number of nitrogens with zero attached hydrogens (tertiary/aromatic N) is 1. The molecule has 0 aromatic rings. The van der Waals surface area contributed by atoms with E-state index in [-0.39, 0.29) is 0 Å². The Morgan fingerprint density at radius 3 is 2.65 bits per heavy atom. The van der Waals surface area contributed by atoms with Gasteiger partial charge in [-0.1, -0.05) is 13.3 Å². The van der Waals surface area contributed by atoms with E-state index in [9.17, 15) is 9.90 Å². The number of hydrogen-bond acceptors (Lipinski definition) is 3. The van der Waals surface area contributed by atoms with E-state index in [0.29, 0.717) is 6.54 Å². The Morgan fingerprint density at radius 1 is 1.40 bits per heavy atom. The van der Waals surface area contributed by atoms with Crippen molar-refractivity contribution >= 4 is 5.97 Å². The number of likely N-dealkylation sites (N-methyl/N-ethyl adjacent to an activating group) is 1. The molecule has 0 aromatic heterocycles. The van der Waals surface area contributed by atoms with Crippen molar-refractivity contribution in [3.05, 3.63) is 0 Å². The van der Waals surface area contributed by atoms with Crippen LogP contribution in [0.15, 0.2) is 0 Å². The lowest BCUT2D eigenvalue weighted by atomic mass is 9.88. The van der Waals surface area contributed by atoms with Gasteiger partial charge in [0.05, 0.1) is 0 Å². The molecule has 2 bridgehead atoms. The summed E-state index contributed by atoms with van der Waals surface area (Å²) in [5, 5.41) is 12.7. The smallest absolute Gasteiger partial charge is 0.324 e. The molecule has 2 saturated carbocycles. The highest BCUT2D eigenvalue weighted by molar-refractivity contribution is 5.78. The van der Waals surface area contributed by atoms with Gasteiger partial charge in [-0.15, -0.1) is 0 Å². The number of carbonyl (C=O) groups is 1. The second-order valence-electron chi connectivity index (χ2n) is 7.20. The van der Waals surface area contributed by atoms with Gasteiger partial charge in [-0.3, -0.25) is 4.79 Å². The topological polar surface area (TPSA) is 52.6 Å². The normalized spacial score (nSPS) is 31.7. The molecule has 4 heteroatoms. The van der Waals surface area contributed by atoms with Gasteiger partial charge in [0.15, 0.2) is 0 Å². The molecule has 0 amide bonds. The van der Waals surface area contributed by atoms with Crippen LogP contribution in [0.5, 0.6) is 0 Å². The number of carboxylic acids is 1. The molecular formula is C16H30N2O2. The maximum Gasteiger partial charge on any atom is 0.324 e. The van der Waals surface area contributed by atoms with Gasteiger partial charge < -0.3 is 15.3 Å². The Labute approximate surface area is 122 Å². The second-order valence-corrected chi connectivity index (χ2v) is 7.20. The minimum Gasteiger partial charge on any atom is -0.480 e. The van der Waals surface area contributed by atoms with Crippen molar-refractivity contribution in [3.63, 3.8) is 0 Å². The average molecular weight is 282 g/mol. The minimum atomic E-state index is -0.831. The van der Waals surface area contributed by atoms with Crippen LogP contribution < -0.4 is 5.32 Å². The van der Waals surface area contributed by atoms with E-state index in [4.69, 9.17) is 0 Å². The van der Waals surface area contributed by atoms with Crippen LogP contribution in [0.1, 0.15) is 46.0 Å². The van der Waals surface area contributed by atoms with E-state index in [1.54, 1.807) is 0 Å². The van der Waals surface area contributed by atoms with Crippen LogP contribution in [0, 0.1) is 17.8 Å². The Morgan fingerprint density at radius 2 is 2.15 bits per heavy atom. The number of fused-ring (bicyclic) bond motifs is 2. The van der Waals surface area contributed by atoms with Crippen LogP contribution in [0.2, 0.25) is 0 Å². The third-order valence-corrected chi connectivity index (χ3v) is 5.25. The zero-order chi connectivity index (χ0) is 14.8. The maximum absolute atomic E-state index is 11.5. The highest BCUT2D eigenvalue weighted by Crippen LogP contribution is 2.48. The molecule has 4 nitrogen and oxygen atoms in total. The third kappa shape index (κ3) is 3.53. The number of nitrogens with one attached hydrogen (secondary N) is 1. The summed E-state index contributed by atoms with van der Waals surface area (Å²) in [6.45, 7) is 6.26. The molecule has 2 N–H and O–H groups in total. The summed E-state index contributed by atoms with van der Waals surface area (Å²) in [4.78, 5) is 13.8. The number of hydrogen-bond donors (Lipinski definition) is 2. The van der Waals surface area contributed by atoms with Crippen LogP contribution >= 0.6 is 0 Å². The Balaban J connectivity index is 1.85. The maximum atomic E-state index is 11.5. The quantitative estimate of drug-likeness (QED) is 0.716. The van der Waals surface area contributed by atoms with E-state index in [1.807, 2.05) is 6.92 Å². The molecule has 2 fully saturated rings. The molecule has 2 rings (SSSR count). The van der Waals surface area contributed by atoms with Crippen molar-refractivity contribution in [2.24, 2.45) is 17.8 Å². The predicted molar refractivity (Wildman–Crippen MR) is 80.8 cm³/mol. The fourth-order valence-electron chi connectivity index (χ4n) is 4.20. The van der Waals surface area contributed by atoms with Crippen LogP contribution in [-0.4, -0.2) is 48.2 Å². The van der Waals surface area contributed by atoms with Gasteiger partial charge in [0.1, 0.15) is 5.54 Å². The van der Waals surface area contributed by atoms with E-state index >= 15 is 0 Å². The van der Waals surface area contributed by atoms with Crippen molar-refractivity contribution in [1.82, 2.24) is 10.2 Å². The molecule has 0 saturated heterocycles. The molecular weight excluding hydrogens is 252 g/mol. The van der Waals surface area contributed by atoms with Crippen LogP contribution in [0.25, 0.3) is 0 Å². The lowest BCUT2D eigenvalue weighted by Gasteiger charge is -2.34. The minimum absolute atomic E-state index is 0.580. The van der Waals surface area contributed by atoms with Crippen LogP contribution in [-0.2, 0) is 4.79 Å². The fourth-order valence-corrected chi connectivity index (χ4v) is 4.20. The van der Waals surface area contributed by atoms with Crippen molar-refractivity contribution < 1.29 is 9.90 Å². The lowest BCUT2D eigenvalue weighted by molar-refractivity contribution is -0.145. The molecule has 2 aliphatic carbocycles. The van der Waals surface area contributed by atoms with Gasteiger partial charge in [0.2, 0.25) is 0 Å². The first-order valence-corrected chi connectivity index (χ1v) is 8.11. The molecule has 0 spiro atoms. The van der Waals surface area contributed by atoms with Crippen molar-refractivity contribution in [3.8, 4) is 0 Å². The first-order valence-electron chi connectivity index (χ1n) is 8.11. The van der Waals surface area contributed by atoms with E-state index < -0.39 is 11.5 Å². The molecule has 20 heavy (non-hydrogen) atoms. The zero-order valence-corrected chi connectivity index (χ0v) is 13.2. The van der Waals surface area contributed by atoms with E-state index in [1.165, 1.54) is 25.7 Å². The highest BCUT2D eigenvalue weighted by Gasteiger charge is 2.41. The van der Waals surface area contributed by atoms with Gasteiger partial charge in [-0.2, -0.15) is 0 Å². The summed E-state index contributed by atoms with van der Waals surface area (Å²) >= 11 is 0. The molecule has 0 heterocycles. The number of rotatable bonds is 8. The monoisotopic (exact) mass is 282 g/mol. The summed E-state index contributed by atoms with van der Waals surface area (Å²) in [6.07, 6.45) is 6.56. The van der Waals surface area contributed by atoms with Crippen LogP contribution in [0.4, 0.5) is 0 Å². The van der Waals surface area contributed by atoms with Gasteiger partial charge in [-0.25, -0.2) is 0 Å². The van der Waals surface area contributed by atoms with Crippen molar-refractivity contribution in [1.29, 1.82) is 0 Å². The molecule has 2 aliphatic rings. The number of carboxylic acid groups (broad SMARTS) is 1. The summed E-state index contributed by atoms with van der Waals surface area (Å²) in [5.41, 5.74) is -0.831. The summed E-state index contributed by atoms with van der Waals surface area (Å²) in [6, 6.07) is 0. The van der Waals surface area contributed by atoms with Gasteiger partial charge in [0.25, 0.3) is 0 Å². The summed E-state index contributed by atoms with van der Waals surface area (Å²) in [5.74, 6) is 1.92. The average Bonchev–Trinajstić information content (AvgIpc) is 2.98. The SMILES string of the molecule is CCCNC(C)(CN(C)CC1CC2CCC1C2)C(=O)O. The first-order chi connectivity index (χ1) is 9.44. The molecule has 4 unspecified atom stereocenters. The standard InChI is InChI=1S/C16H30N2O2/c1-4-7-17-16(2,15(19)20)11-18(3)10-14-9-12-5-6-13(14)8-12/h12-14,17H,4-11H2,1-3H3,(H,19,20). The Hall–Kier alpha value is -0.610. The Kier molecular flexibility index (Phi) is 5.08. The van der Waals surface area contributed by atoms with E-state index in [2.05, 4.69) is 24.2 Å². The molecule has 4 atom stereocenters. The molecule has 0 radical (unpaired) electrons. The van der Waals surface area contributed by atoms with Crippen LogP contribution in [0.3, 0.4) is 0 Å². The third-order valence-electron chi connectivity index (χ3n) is 5.25. The second kappa shape index (κ2) is 6.44. The summed E-state index contributed by atoms with van der Waals surface area (Å²) in [7, 11) is 2.07. The van der Waals surface area contributed by atoms with Gasteiger partial charge in [-0.05, 0) is 64.0 Å². The van der Waals surface area contributed by atoms with Gasteiger partial charge >= 0.3 is 5.97 Å². The van der Waals surface area contributed by atoms with Crippen molar-refractivity contribution in [2.45, 2.75) is 51.5 Å². The molecule has 0 aliphatic heterocycles. The van der Waals surface area contributed by atoms with E-state index in [0.717, 1.165) is 37.3 Å². The zero-order valence-electron chi connectivity index (χ0n) is 13.2. The number of aliphatic carboxylic acids is 1.